The topological polar surface area (TPSA) is 49.0 Å². The molecule has 88 valence electrons. The third kappa shape index (κ3) is 1.57. The molecule has 0 spiro atoms. The van der Waals surface area contributed by atoms with Gasteiger partial charge in [0.15, 0.2) is 0 Å². The number of para-hydroxylation sites is 1. The van der Waals surface area contributed by atoms with Gasteiger partial charge in [-0.1, -0.05) is 18.2 Å². The quantitative estimate of drug-likeness (QED) is 0.659. The minimum atomic E-state index is 0.252. The molecule has 3 nitrogen and oxygen atoms in total. The van der Waals surface area contributed by atoms with E-state index in [1.165, 1.54) is 6.21 Å². The number of phenols is 1. The van der Waals surface area contributed by atoms with E-state index in [9.17, 15) is 5.11 Å². The Morgan fingerprint density at radius 2 is 1.72 bits per heavy atom. The predicted molar refractivity (Wildman–Crippen MR) is 72.8 cm³/mol. The van der Waals surface area contributed by atoms with Crippen molar-refractivity contribution in [1.29, 1.82) is 5.41 Å². The molecule has 0 bridgehead atoms. The average Bonchev–Trinajstić information content (AvgIpc) is 2.79. The van der Waals surface area contributed by atoms with Crippen LogP contribution in [0.25, 0.3) is 16.6 Å². The number of fused-ring (bicyclic) bond motifs is 1. The maximum Gasteiger partial charge on any atom is 0.115 e. The predicted octanol–water partition coefficient (Wildman–Crippen LogP) is 3.33. The molecule has 0 unspecified atom stereocenters. The van der Waals surface area contributed by atoms with E-state index in [4.69, 9.17) is 5.41 Å². The SMILES string of the molecule is N=Cc1cn(-c2ccc(O)cc2)c2ccccc12. The van der Waals surface area contributed by atoms with Crippen LogP contribution in [0.15, 0.2) is 54.7 Å². The van der Waals surface area contributed by atoms with Crippen molar-refractivity contribution in [3.05, 3.63) is 60.3 Å². The molecule has 3 rings (SSSR count). The smallest absolute Gasteiger partial charge is 0.115 e. The van der Waals surface area contributed by atoms with Gasteiger partial charge in [-0.05, 0) is 30.3 Å². The van der Waals surface area contributed by atoms with E-state index < -0.39 is 0 Å². The Hall–Kier alpha value is -2.55. The van der Waals surface area contributed by atoms with Gasteiger partial charge in [-0.15, -0.1) is 0 Å². The molecule has 0 aliphatic rings. The lowest BCUT2D eigenvalue weighted by atomic mass is 10.2. The molecule has 0 aliphatic heterocycles. The minimum Gasteiger partial charge on any atom is -0.508 e. The molecule has 0 radical (unpaired) electrons. The fourth-order valence-corrected chi connectivity index (χ4v) is 2.15. The molecule has 18 heavy (non-hydrogen) atoms. The van der Waals surface area contributed by atoms with Crippen molar-refractivity contribution in [2.75, 3.05) is 0 Å². The van der Waals surface area contributed by atoms with Gasteiger partial charge >= 0.3 is 0 Å². The van der Waals surface area contributed by atoms with Gasteiger partial charge in [0.2, 0.25) is 0 Å². The maximum atomic E-state index is 9.32. The zero-order valence-electron chi connectivity index (χ0n) is 9.67. The van der Waals surface area contributed by atoms with Crippen LogP contribution in [0.1, 0.15) is 5.56 Å². The van der Waals surface area contributed by atoms with Crippen LogP contribution in [0.4, 0.5) is 0 Å². The minimum absolute atomic E-state index is 0.252. The molecule has 0 amide bonds. The summed E-state index contributed by atoms with van der Waals surface area (Å²) in [6, 6.07) is 15.0. The lowest BCUT2D eigenvalue weighted by molar-refractivity contribution is 0.475. The first-order valence-corrected chi connectivity index (χ1v) is 5.69. The first-order chi connectivity index (χ1) is 8.79. The van der Waals surface area contributed by atoms with Gasteiger partial charge in [-0.25, -0.2) is 0 Å². The molecular formula is C15H12N2O. The van der Waals surface area contributed by atoms with E-state index in [2.05, 4.69) is 0 Å². The number of rotatable bonds is 2. The standard InChI is InChI=1S/C15H12N2O/c16-9-11-10-17(12-5-7-13(18)8-6-12)15-4-2-1-3-14(11)15/h1-10,16,18H. The summed E-state index contributed by atoms with van der Waals surface area (Å²) in [5.74, 6) is 0.252. The second-order valence-electron chi connectivity index (χ2n) is 4.13. The zero-order chi connectivity index (χ0) is 12.5. The fraction of sp³-hybridized carbons (Fsp3) is 0. The van der Waals surface area contributed by atoms with Gasteiger partial charge in [-0.3, -0.25) is 0 Å². The molecule has 3 heteroatoms. The highest BCUT2D eigenvalue weighted by Crippen LogP contribution is 2.24. The summed E-state index contributed by atoms with van der Waals surface area (Å²) < 4.78 is 2.02. The highest BCUT2D eigenvalue weighted by Gasteiger charge is 2.07. The number of nitrogens with zero attached hydrogens (tertiary/aromatic N) is 1. The Bertz CT molecular complexity index is 711. The number of nitrogens with one attached hydrogen (secondary N) is 1. The molecule has 0 aliphatic carbocycles. The third-order valence-electron chi connectivity index (χ3n) is 3.03. The van der Waals surface area contributed by atoms with Crippen LogP contribution in [0.2, 0.25) is 0 Å². The lowest BCUT2D eigenvalue weighted by Crippen LogP contribution is -1.90. The number of aromatic hydroxyl groups is 1. The van der Waals surface area contributed by atoms with E-state index in [0.717, 1.165) is 22.2 Å². The van der Waals surface area contributed by atoms with Crippen molar-refractivity contribution in [2.24, 2.45) is 0 Å². The molecule has 0 fully saturated rings. The Morgan fingerprint density at radius 3 is 2.44 bits per heavy atom. The Balaban J connectivity index is 2.29. The molecule has 2 N–H and O–H groups in total. The number of hydrogen-bond acceptors (Lipinski definition) is 2. The molecule has 1 heterocycles. The summed E-state index contributed by atoms with van der Waals surface area (Å²) in [7, 11) is 0. The Morgan fingerprint density at radius 1 is 1.00 bits per heavy atom. The van der Waals surface area contributed by atoms with Gasteiger partial charge in [0, 0.05) is 29.0 Å². The van der Waals surface area contributed by atoms with Gasteiger partial charge in [-0.2, -0.15) is 0 Å². The van der Waals surface area contributed by atoms with E-state index >= 15 is 0 Å². The fourth-order valence-electron chi connectivity index (χ4n) is 2.15. The summed E-state index contributed by atoms with van der Waals surface area (Å²) in [4.78, 5) is 0. The molecule has 0 saturated carbocycles. The Kier molecular flexibility index (Phi) is 2.38. The summed E-state index contributed by atoms with van der Waals surface area (Å²) >= 11 is 0. The number of hydrogen-bond donors (Lipinski definition) is 2. The average molecular weight is 236 g/mol. The zero-order valence-corrected chi connectivity index (χ0v) is 9.67. The van der Waals surface area contributed by atoms with Crippen LogP contribution >= 0.6 is 0 Å². The van der Waals surface area contributed by atoms with E-state index in [1.54, 1.807) is 12.1 Å². The molecule has 0 saturated heterocycles. The van der Waals surface area contributed by atoms with E-state index in [-0.39, 0.29) is 5.75 Å². The van der Waals surface area contributed by atoms with Crippen molar-refractivity contribution in [1.82, 2.24) is 4.57 Å². The van der Waals surface area contributed by atoms with Crippen LogP contribution in [-0.4, -0.2) is 15.9 Å². The summed E-state index contributed by atoms with van der Waals surface area (Å²) in [6.07, 6.45) is 3.29. The molecule has 2 aromatic carbocycles. The van der Waals surface area contributed by atoms with Crippen molar-refractivity contribution < 1.29 is 5.11 Å². The monoisotopic (exact) mass is 236 g/mol. The normalized spacial score (nSPS) is 10.7. The van der Waals surface area contributed by atoms with Crippen molar-refractivity contribution in [3.8, 4) is 11.4 Å². The summed E-state index contributed by atoms with van der Waals surface area (Å²) in [6.45, 7) is 0. The molecular weight excluding hydrogens is 224 g/mol. The van der Waals surface area contributed by atoms with Gasteiger partial charge in [0.1, 0.15) is 5.75 Å². The van der Waals surface area contributed by atoms with Crippen LogP contribution in [0, 0.1) is 5.41 Å². The highest BCUT2D eigenvalue weighted by molar-refractivity contribution is 5.99. The van der Waals surface area contributed by atoms with Crippen LogP contribution in [-0.2, 0) is 0 Å². The van der Waals surface area contributed by atoms with Gasteiger partial charge in [0.05, 0.1) is 5.52 Å². The molecule has 3 aromatic rings. The van der Waals surface area contributed by atoms with Gasteiger partial charge < -0.3 is 15.1 Å². The Labute approximate surface area is 104 Å². The lowest BCUT2D eigenvalue weighted by Gasteiger charge is -2.05. The highest BCUT2D eigenvalue weighted by atomic mass is 16.3. The van der Waals surface area contributed by atoms with Crippen molar-refractivity contribution >= 4 is 17.1 Å². The van der Waals surface area contributed by atoms with E-state index in [0.29, 0.717) is 0 Å². The second kappa shape index (κ2) is 4.04. The summed E-state index contributed by atoms with van der Waals surface area (Å²) in [5, 5.41) is 17.8. The van der Waals surface area contributed by atoms with Crippen molar-refractivity contribution in [2.45, 2.75) is 0 Å². The molecule has 1 aromatic heterocycles. The van der Waals surface area contributed by atoms with Crippen LogP contribution in [0.3, 0.4) is 0 Å². The number of phenolic OH excluding ortho intramolecular Hbond substituents is 1. The largest absolute Gasteiger partial charge is 0.508 e. The number of benzene rings is 2. The second-order valence-corrected chi connectivity index (χ2v) is 4.13. The van der Waals surface area contributed by atoms with Crippen LogP contribution < -0.4 is 0 Å². The molecule has 0 atom stereocenters. The maximum absolute atomic E-state index is 9.32. The summed E-state index contributed by atoms with van der Waals surface area (Å²) in [5.41, 5.74) is 2.91. The number of aromatic nitrogens is 1. The van der Waals surface area contributed by atoms with Crippen LogP contribution in [0.5, 0.6) is 5.75 Å². The third-order valence-corrected chi connectivity index (χ3v) is 3.03. The first-order valence-electron chi connectivity index (χ1n) is 5.69. The van der Waals surface area contributed by atoms with Gasteiger partial charge in [0.25, 0.3) is 0 Å². The first kappa shape index (κ1) is 10.6. The van der Waals surface area contributed by atoms with E-state index in [1.807, 2.05) is 47.2 Å². The van der Waals surface area contributed by atoms with Crippen molar-refractivity contribution in [3.63, 3.8) is 0 Å².